The van der Waals surface area contributed by atoms with Gasteiger partial charge in [0.1, 0.15) is 6.73 Å². The van der Waals surface area contributed by atoms with Crippen LogP contribution in [0.15, 0.2) is 71.3 Å². The number of hydrogen-bond acceptors (Lipinski definition) is 8. The van der Waals surface area contributed by atoms with Gasteiger partial charge in [-0.05, 0) is 63.4 Å². The van der Waals surface area contributed by atoms with Gasteiger partial charge < -0.3 is 13.9 Å². The fourth-order valence-electron chi connectivity index (χ4n) is 6.30. The molecule has 0 bridgehead atoms. The summed E-state index contributed by atoms with van der Waals surface area (Å²) in [7, 11) is -6.20. The van der Waals surface area contributed by atoms with Gasteiger partial charge in [-0.25, -0.2) is 22.4 Å². The van der Waals surface area contributed by atoms with E-state index in [-0.39, 0.29) is 42.2 Å². The van der Waals surface area contributed by atoms with Gasteiger partial charge >= 0.3 is 6.18 Å². The number of rotatable bonds is 13. The molecule has 1 unspecified atom stereocenters. The number of benzene rings is 1. The molecule has 47 heavy (non-hydrogen) atoms. The number of ether oxygens (including phenoxy) is 2. The van der Waals surface area contributed by atoms with E-state index in [1.54, 1.807) is 24.4 Å². The second kappa shape index (κ2) is 12.8. The number of nitrogens with zero attached hydrogens (tertiary/aromatic N) is 4. The zero-order valence-corrected chi connectivity index (χ0v) is 28.8. The Morgan fingerprint density at radius 1 is 1.11 bits per heavy atom. The van der Waals surface area contributed by atoms with Gasteiger partial charge in [-0.2, -0.15) is 13.2 Å². The predicted molar refractivity (Wildman–Crippen MR) is 170 cm³/mol. The maximum absolute atomic E-state index is 14.4. The Balaban J connectivity index is 1.55. The van der Waals surface area contributed by atoms with Crippen molar-refractivity contribution in [3.05, 3.63) is 71.9 Å². The number of alkyl halides is 3. The predicted octanol–water partition coefficient (Wildman–Crippen LogP) is 5.74. The van der Waals surface area contributed by atoms with Crippen LogP contribution in [0.5, 0.6) is 5.88 Å². The number of amides is 1. The minimum Gasteiger partial charge on any atom is -0.477 e. The van der Waals surface area contributed by atoms with E-state index in [0.29, 0.717) is 28.1 Å². The number of pyridine rings is 1. The summed E-state index contributed by atoms with van der Waals surface area (Å²) >= 11 is 0. The van der Waals surface area contributed by atoms with E-state index in [9.17, 15) is 26.4 Å². The smallest absolute Gasteiger partial charge is 0.394 e. The Bertz CT molecular complexity index is 1760. The molecule has 1 aliphatic carbocycles. The summed E-state index contributed by atoms with van der Waals surface area (Å²) in [5, 5.41) is 4.21. The maximum Gasteiger partial charge on any atom is 0.394 e. The van der Waals surface area contributed by atoms with Crippen LogP contribution in [0.2, 0.25) is 11.1 Å². The highest BCUT2D eigenvalue weighted by atomic mass is 32.2. The van der Waals surface area contributed by atoms with E-state index < -0.39 is 47.6 Å². The first kappa shape index (κ1) is 34.8. The molecule has 0 spiro atoms. The third kappa shape index (κ3) is 6.50. The molecule has 1 fully saturated rings. The summed E-state index contributed by atoms with van der Waals surface area (Å²) in [5.41, 5.74) is -0.557. The van der Waals surface area contributed by atoms with Crippen molar-refractivity contribution in [3.63, 3.8) is 0 Å². The molecule has 0 N–H and O–H groups in total. The first-order valence-corrected chi connectivity index (χ1v) is 18.9. The molecule has 0 saturated heterocycles. The first-order chi connectivity index (χ1) is 22.1. The number of allylic oxidation sites excluding steroid dienone is 2. The fourth-order valence-corrected chi connectivity index (χ4v) is 12.2. The number of hydrogen-bond donors (Lipinski definition) is 0. The average Bonchev–Trinajstić information content (AvgIpc) is 3.61. The van der Waals surface area contributed by atoms with Crippen molar-refractivity contribution in [2.75, 3.05) is 27.1 Å². The van der Waals surface area contributed by atoms with Crippen molar-refractivity contribution in [3.8, 4) is 11.7 Å². The second-order valence-electron chi connectivity index (χ2n) is 12.6. The van der Waals surface area contributed by atoms with Gasteiger partial charge in [0.05, 0.1) is 27.8 Å². The van der Waals surface area contributed by atoms with E-state index in [2.05, 4.69) is 11.2 Å². The molecule has 10 nitrogen and oxygen atoms in total. The average molecular weight is 693 g/mol. The lowest BCUT2D eigenvalue weighted by atomic mass is 10.0. The van der Waals surface area contributed by atoms with Crippen molar-refractivity contribution in [1.82, 2.24) is 19.1 Å². The molecule has 15 heteroatoms. The lowest BCUT2D eigenvalue weighted by Gasteiger charge is -2.39. The van der Waals surface area contributed by atoms with Crippen LogP contribution in [0.4, 0.5) is 13.2 Å². The van der Waals surface area contributed by atoms with Gasteiger partial charge in [0.15, 0.2) is 5.82 Å². The summed E-state index contributed by atoms with van der Waals surface area (Å²) in [5.74, 6) is -0.390. The Morgan fingerprint density at radius 2 is 1.81 bits per heavy atom. The van der Waals surface area contributed by atoms with Crippen LogP contribution < -0.4 is 10.1 Å². The highest BCUT2D eigenvalue weighted by molar-refractivity contribution is 7.89. The number of carbonyl (C=O) groups excluding carboxylic acids is 1. The van der Waals surface area contributed by atoms with Gasteiger partial charge in [-0.3, -0.25) is 4.79 Å². The maximum atomic E-state index is 14.4. The SMILES string of the molecule is CCO[Si]1(c2nc(-n3ccc(OCCC4(C(F)(F)F)CC4)n3)ccc2C(=O)N(COC)S(=O)(=O)c2ccccc2)CC(C)=CC1(C)C. The molecule has 2 aliphatic rings. The molecule has 1 amide bonds. The van der Waals surface area contributed by atoms with Crippen molar-refractivity contribution in [2.24, 2.45) is 5.41 Å². The Kier molecular flexibility index (Phi) is 9.49. The van der Waals surface area contributed by atoms with Gasteiger partial charge in [0.2, 0.25) is 5.88 Å². The van der Waals surface area contributed by atoms with Crippen LogP contribution in [0.1, 0.15) is 57.3 Å². The quantitative estimate of drug-likeness (QED) is 0.127. The minimum atomic E-state index is -4.32. The summed E-state index contributed by atoms with van der Waals surface area (Å²) in [6.45, 7) is 7.55. The van der Waals surface area contributed by atoms with Gasteiger partial charge in [0.25, 0.3) is 24.2 Å². The van der Waals surface area contributed by atoms with Crippen molar-refractivity contribution in [2.45, 2.75) is 69.1 Å². The fraction of sp³-hybridized carbons (Fsp3) is 0.469. The molecule has 1 aliphatic heterocycles. The standard InChI is InChI=1S/C32H39F3N4O6SSi/c1-6-45-47(21-23(2)20-30(47,3)4)28-25(29(40)39(22-43-5)46(41,42)24-10-8-7-9-11-24)12-13-26(36-28)38-18-14-27(37-38)44-19-17-31(15-16-31)32(33,34)35/h7-14,18,20H,6,15-17,19,21-22H2,1-5H3. The molecular weight excluding hydrogens is 654 g/mol. The molecule has 0 radical (unpaired) electrons. The number of sulfonamides is 1. The lowest BCUT2D eigenvalue weighted by Crippen LogP contribution is -2.60. The minimum absolute atomic E-state index is 0.0621. The molecule has 2 aromatic heterocycles. The van der Waals surface area contributed by atoms with E-state index >= 15 is 0 Å². The van der Waals surface area contributed by atoms with E-state index in [1.165, 1.54) is 42.1 Å². The Morgan fingerprint density at radius 3 is 2.38 bits per heavy atom. The van der Waals surface area contributed by atoms with Gasteiger partial charge in [-0.1, -0.05) is 43.7 Å². The number of aromatic nitrogens is 3. The van der Waals surface area contributed by atoms with Crippen LogP contribution >= 0.6 is 0 Å². The van der Waals surface area contributed by atoms with Crippen molar-refractivity contribution < 1.29 is 40.3 Å². The molecule has 3 aromatic rings. The molecular formula is C32H39F3N4O6SSi. The van der Waals surface area contributed by atoms with Crippen LogP contribution in [0.25, 0.3) is 5.82 Å². The van der Waals surface area contributed by atoms with Crippen LogP contribution in [0.3, 0.4) is 0 Å². The van der Waals surface area contributed by atoms with Crippen molar-refractivity contribution >= 4 is 29.6 Å². The highest BCUT2D eigenvalue weighted by Gasteiger charge is 2.62. The van der Waals surface area contributed by atoms with E-state index in [4.69, 9.17) is 18.9 Å². The molecule has 1 atom stereocenters. The summed E-state index contributed by atoms with van der Waals surface area (Å²) in [6.07, 6.45) is -0.562. The zero-order chi connectivity index (χ0) is 34.3. The monoisotopic (exact) mass is 692 g/mol. The topological polar surface area (TPSA) is 113 Å². The lowest BCUT2D eigenvalue weighted by molar-refractivity contribution is -0.190. The molecule has 3 heterocycles. The number of carbonyl (C=O) groups is 1. The van der Waals surface area contributed by atoms with Crippen molar-refractivity contribution in [1.29, 1.82) is 0 Å². The van der Waals surface area contributed by atoms with E-state index in [0.717, 1.165) is 5.57 Å². The highest BCUT2D eigenvalue weighted by Crippen LogP contribution is 2.59. The summed E-state index contributed by atoms with van der Waals surface area (Å²) in [4.78, 5) is 19.2. The van der Waals surface area contributed by atoms with Crippen LogP contribution in [-0.4, -0.2) is 74.9 Å². The third-order valence-corrected chi connectivity index (χ3v) is 15.9. The second-order valence-corrected chi connectivity index (χ2v) is 18.5. The third-order valence-electron chi connectivity index (χ3n) is 8.95. The van der Waals surface area contributed by atoms with Gasteiger partial charge in [0, 0.05) is 31.0 Å². The summed E-state index contributed by atoms with van der Waals surface area (Å²) < 4.78 is 87.0. The van der Waals surface area contributed by atoms with Gasteiger partial charge in [-0.15, -0.1) is 5.10 Å². The number of methoxy groups -OCH3 is 1. The zero-order valence-electron chi connectivity index (χ0n) is 27.0. The largest absolute Gasteiger partial charge is 0.477 e. The molecule has 5 rings (SSSR count). The Labute approximate surface area is 273 Å². The first-order valence-electron chi connectivity index (χ1n) is 15.3. The normalized spacial score (nSPS) is 20.1. The van der Waals surface area contributed by atoms with Crippen LogP contribution in [-0.2, 0) is 19.2 Å². The van der Waals surface area contributed by atoms with Crippen LogP contribution in [0, 0.1) is 5.41 Å². The molecule has 1 aromatic carbocycles. The molecule has 254 valence electrons. The number of halogens is 3. The Hall–Kier alpha value is -3.53. The molecule has 1 saturated carbocycles. The van der Waals surface area contributed by atoms with E-state index in [1.807, 2.05) is 27.7 Å². The summed E-state index contributed by atoms with van der Waals surface area (Å²) in [6, 6.07) is 12.7.